The molecule has 0 radical (unpaired) electrons. The first kappa shape index (κ1) is 7.15. The molecule has 0 aliphatic heterocycles. The molecule has 0 spiro atoms. The van der Waals surface area contributed by atoms with E-state index in [-0.39, 0.29) is 11.7 Å². The molecule has 0 amide bonds. The fourth-order valence-corrected chi connectivity index (χ4v) is 0.836. The Hall–Kier alpha value is -0.960. The van der Waals surface area contributed by atoms with Gasteiger partial charge in [0.25, 0.3) is 0 Å². The van der Waals surface area contributed by atoms with Crippen LogP contribution in [0.25, 0.3) is 0 Å². The van der Waals surface area contributed by atoms with Gasteiger partial charge in [-0.15, -0.1) is 11.6 Å². The number of hydrogen-bond donors (Lipinski definition) is 1. The maximum absolute atomic E-state index is 10.9. The highest BCUT2D eigenvalue weighted by Crippen LogP contribution is 1.99. The van der Waals surface area contributed by atoms with Crippen molar-refractivity contribution in [3.05, 3.63) is 24.0 Å². The predicted octanol–water partition coefficient (Wildman–Crippen LogP) is 0.623. The fraction of sp³-hybridized carbons (Fsp3) is 0.167. The highest BCUT2D eigenvalue weighted by atomic mass is 35.5. The van der Waals surface area contributed by atoms with Gasteiger partial charge in [0.15, 0.2) is 5.78 Å². The van der Waals surface area contributed by atoms with E-state index >= 15 is 0 Å². The average molecular weight is 159 g/mol. The van der Waals surface area contributed by atoms with Gasteiger partial charge >= 0.3 is 0 Å². The molecule has 0 saturated carbocycles. The summed E-state index contributed by atoms with van der Waals surface area (Å²) in [5.74, 6) is 5.17. The lowest BCUT2D eigenvalue weighted by atomic mass is 10.3. The van der Waals surface area contributed by atoms with Gasteiger partial charge in [-0.1, -0.05) is 0 Å². The number of ketones is 1. The van der Waals surface area contributed by atoms with E-state index in [1.54, 1.807) is 18.3 Å². The van der Waals surface area contributed by atoms with E-state index in [9.17, 15) is 4.79 Å². The maximum atomic E-state index is 10.9. The summed E-state index contributed by atoms with van der Waals surface area (Å²) in [5, 5.41) is 0. The zero-order valence-electron chi connectivity index (χ0n) is 5.25. The number of aromatic nitrogens is 1. The second-order valence-electron chi connectivity index (χ2n) is 1.86. The fourth-order valence-electron chi connectivity index (χ4n) is 0.699. The van der Waals surface area contributed by atoms with Gasteiger partial charge in [0, 0.05) is 6.20 Å². The monoisotopic (exact) mass is 158 g/mol. The molecule has 4 heteroatoms. The molecule has 0 unspecified atom stereocenters. The van der Waals surface area contributed by atoms with Crippen LogP contribution in [0.5, 0.6) is 0 Å². The highest BCUT2D eigenvalue weighted by Gasteiger charge is 2.06. The standard InChI is InChI=1S/C6H7ClN2O/c7-4-6(10)5-2-1-3-9(5)8/h1-3H,4,8H2. The largest absolute Gasteiger partial charge is 0.339 e. The van der Waals surface area contributed by atoms with Crippen molar-refractivity contribution in [1.29, 1.82) is 0 Å². The van der Waals surface area contributed by atoms with Crippen molar-refractivity contribution in [2.45, 2.75) is 0 Å². The summed E-state index contributed by atoms with van der Waals surface area (Å²) in [6, 6.07) is 3.32. The van der Waals surface area contributed by atoms with Crippen LogP contribution < -0.4 is 5.84 Å². The summed E-state index contributed by atoms with van der Waals surface area (Å²) in [5.41, 5.74) is 0.440. The molecule has 10 heavy (non-hydrogen) atoms. The Morgan fingerprint density at radius 3 is 2.90 bits per heavy atom. The van der Waals surface area contributed by atoms with Crippen molar-refractivity contribution in [3.8, 4) is 0 Å². The Labute approximate surface area is 63.4 Å². The minimum atomic E-state index is -0.158. The molecule has 1 rings (SSSR count). The Morgan fingerprint density at radius 1 is 1.80 bits per heavy atom. The number of rotatable bonds is 2. The smallest absolute Gasteiger partial charge is 0.195 e. The van der Waals surface area contributed by atoms with Crippen LogP contribution in [-0.2, 0) is 0 Å². The van der Waals surface area contributed by atoms with Crippen LogP contribution in [0.4, 0.5) is 0 Å². The lowest BCUT2D eigenvalue weighted by Crippen LogP contribution is -2.15. The number of Topliss-reactive ketones (excluding diaryl/α,β-unsaturated/α-hetero) is 1. The number of nitrogens with zero attached hydrogens (tertiary/aromatic N) is 1. The van der Waals surface area contributed by atoms with Gasteiger partial charge in [-0.05, 0) is 12.1 Å². The van der Waals surface area contributed by atoms with Gasteiger partial charge in [-0.3, -0.25) is 9.47 Å². The lowest BCUT2D eigenvalue weighted by Gasteiger charge is -1.96. The summed E-state index contributed by atoms with van der Waals surface area (Å²) in [7, 11) is 0. The zero-order chi connectivity index (χ0) is 7.56. The first-order valence-corrected chi connectivity index (χ1v) is 3.30. The van der Waals surface area contributed by atoms with Crippen molar-refractivity contribution in [2.75, 3.05) is 11.7 Å². The molecule has 0 aliphatic rings. The maximum Gasteiger partial charge on any atom is 0.195 e. The third-order valence-electron chi connectivity index (χ3n) is 1.19. The molecule has 0 bridgehead atoms. The molecule has 1 aromatic heterocycles. The normalized spacial score (nSPS) is 9.70. The third kappa shape index (κ3) is 1.14. The van der Waals surface area contributed by atoms with Gasteiger partial charge in [0.2, 0.25) is 0 Å². The van der Waals surface area contributed by atoms with Crippen LogP contribution in [0.3, 0.4) is 0 Å². The van der Waals surface area contributed by atoms with E-state index in [1.165, 1.54) is 4.68 Å². The zero-order valence-corrected chi connectivity index (χ0v) is 6.01. The number of hydrogen-bond acceptors (Lipinski definition) is 2. The third-order valence-corrected chi connectivity index (χ3v) is 1.43. The van der Waals surface area contributed by atoms with Crippen LogP contribution in [0.1, 0.15) is 10.5 Å². The van der Waals surface area contributed by atoms with Crippen LogP contribution >= 0.6 is 11.6 Å². The van der Waals surface area contributed by atoms with E-state index in [0.29, 0.717) is 5.69 Å². The number of carbonyl (C=O) groups excluding carboxylic acids is 1. The van der Waals surface area contributed by atoms with Crippen molar-refractivity contribution in [2.24, 2.45) is 0 Å². The van der Waals surface area contributed by atoms with Gasteiger partial charge in [0.1, 0.15) is 5.69 Å². The number of halogens is 1. The topological polar surface area (TPSA) is 48.0 Å². The van der Waals surface area contributed by atoms with E-state index in [1.807, 2.05) is 0 Å². The second kappa shape index (κ2) is 2.75. The Bertz CT molecular complexity index is 244. The first-order chi connectivity index (χ1) is 4.75. The number of nitrogen functional groups attached to an aromatic ring is 1. The Morgan fingerprint density at radius 2 is 2.50 bits per heavy atom. The lowest BCUT2D eigenvalue weighted by molar-refractivity contribution is 0.101. The second-order valence-corrected chi connectivity index (χ2v) is 2.12. The van der Waals surface area contributed by atoms with E-state index in [0.717, 1.165) is 0 Å². The molecule has 1 aromatic rings. The van der Waals surface area contributed by atoms with Crippen molar-refractivity contribution >= 4 is 17.4 Å². The Kier molecular flexibility index (Phi) is 1.97. The highest BCUT2D eigenvalue weighted by molar-refractivity contribution is 6.30. The molecule has 0 aromatic carbocycles. The Balaban J connectivity index is 2.93. The minimum absolute atomic E-state index is 0.0266. The SMILES string of the molecule is Nn1cccc1C(=O)CCl. The molecule has 0 atom stereocenters. The minimum Gasteiger partial charge on any atom is -0.339 e. The average Bonchev–Trinajstić information content (AvgIpc) is 2.34. The van der Waals surface area contributed by atoms with Gasteiger partial charge < -0.3 is 5.84 Å². The van der Waals surface area contributed by atoms with Crippen LogP contribution in [-0.4, -0.2) is 16.3 Å². The van der Waals surface area contributed by atoms with E-state index < -0.39 is 0 Å². The summed E-state index contributed by atoms with van der Waals surface area (Å²) in [6.45, 7) is 0. The number of carbonyl (C=O) groups is 1. The molecule has 54 valence electrons. The van der Waals surface area contributed by atoms with Crippen LogP contribution in [0.2, 0.25) is 0 Å². The summed E-state index contributed by atoms with van der Waals surface area (Å²) in [6.07, 6.45) is 1.60. The van der Waals surface area contributed by atoms with Crippen molar-refractivity contribution in [1.82, 2.24) is 4.68 Å². The molecule has 2 N–H and O–H groups in total. The molecule has 0 saturated heterocycles. The molecule has 1 heterocycles. The van der Waals surface area contributed by atoms with Crippen molar-refractivity contribution < 1.29 is 4.79 Å². The molecule has 0 fully saturated rings. The molecular weight excluding hydrogens is 152 g/mol. The molecule has 0 aliphatic carbocycles. The van der Waals surface area contributed by atoms with E-state index in [2.05, 4.69) is 0 Å². The summed E-state index contributed by atoms with van der Waals surface area (Å²) in [4.78, 5) is 10.9. The molecule has 3 nitrogen and oxygen atoms in total. The van der Waals surface area contributed by atoms with Gasteiger partial charge in [-0.25, -0.2) is 0 Å². The van der Waals surface area contributed by atoms with Crippen molar-refractivity contribution in [3.63, 3.8) is 0 Å². The van der Waals surface area contributed by atoms with Gasteiger partial charge in [0.05, 0.1) is 5.88 Å². The number of nitrogens with two attached hydrogens (primary N) is 1. The van der Waals surface area contributed by atoms with Gasteiger partial charge in [-0.2, -0.15) is 0 Å². The van der Waals surface area contributed by atoms with Crippen LogP contribution in [0.15, 0.2) is 18.3 Å². The molecular formula is C6H7ClN2O. The predicted molar refractivity (Wildman–Crippen MR) is 39.6 cm³/mol. The first-order valence-electron chi connectivity index (χ1n) is 2.77. The number of alkyl halides is 1. The summed E-state index contributed by atoms with van der Waals surface area (Å²) < 4.78 is 1.25. The van der Waals surface area contributed by atoms with E-state index in [4.69, 9.17) is 17.4 Å². The quantitative estimate of drug-likeness (QED) is 0.390. The summed E-state index contributed by atoms with van der Waals surface area (Å²) >= 11 is 5.30. The van der Waals surface area contributed by atoms with Crippen LogP contribution in [0, 0.1) is 0 Å².